The third-order valence-electron chi connectivity index (χ3n) is 0. The SMILES string of the molecule is C=O.[Li+].[Li+].[O-]S[O-]. The van der Waals surface area contributed by atoms with E-state index in [1.165, 1.54) is 0 Å². The Morgan fingerprint density at radius 3 is 1.14 bits per heavy atom. The molecule has 0 saturated heterocycles. The molecule has 0 N–H and O–H groups in total. The molecule has 3 nitrogen and oxygen atoms in total. The van der Waals surface area contributed by atoms with Gasteiger partial charge < -0.3 is 26.2 Å². The van der Waals surface area contributed by atoms with E-state index < -0.39 is 12.3 Å². The summed E-state index contributed by atoms with van der Waals surface area (Å²) in [5.74, 6) is 0. The van der Waals surface area contributed by atoms with Gasteiger partial charge in [-0.05, 0) is 0 Å². The third kappa shape index (κ3) is 146. The molecule has 6 heteroatoms. The van der Waals surface area contributed by atoms with Crippen LogP contribution in [0.4, 0.5) is 0 Å². The fourth-order valence-electron chi connectivity index (χ4n) is 0. The summed E-state index contributed by atoms with van der Waals surface area (Å²) < 4.78 is 16.6. The molecule has 0 aromatic carbocycles. The van der Waals surface area contributed by atoms with Gasteiger partial charge in [0.25, 0.3) is 0 Å². The van der Waals surface area contributed by atoms with Gasteiger partial charge in [0.05, 0.1) is 0 Å². The van der Waals surface area contributed by atoms with Crippen molar-refractivity contribution in [3.63, 3.8) is 0 Å². The van der Waals surface area contributed by atoms with Gasteiger partial charge in [-0.25, -0.2) is 0 Å². The smallest absolute Gasteiger partial charge is 0.811 e. The van der Waals surface area contributed by atoms with Crippen molar-refractivity contribution in [3.05, 3.63) is 0 Å². The van der Waals surface area contributed by atoms with Gasteiger partial charge in [0.15, 0.2) is 0 Å². The van der Waals surface area contributed by atoms with E-state index in [9.17, 15) is 0 Å². The molecule has 0 heterocycles. The summed E-state index contributed by atoms with van der Waals surface area (Å²) in [6.07, 6.45) is 0. The normalized spacial score (nSPS) is 3.14. The average molecular weight is 108 g/mol. The van der Waals surface area contributed by atoms with Crippen LogP contribution in [-0.4, -0.2) is 15.9 Å². The monoisotopic (exact) mass is 108 g/mol. The minimum absolute atomic E-state index is 0. The van der Waals surface area contributed by atoms with E-state index in [1.807, 2.05) is 6.79 Å². The van der Waals surface area contributed by atoms with Gasteiger partial charge in [-0.1, -0.05) is 0 Å². The summed E-state index contributed by atoms with van der Waals surface area (Å²) in [6, 6.07) is 0. The first-order valence-corrected chi connectivity index (χ1v) is 1.29. The quantitative estimate of drug-likeness (QED) is 0.229. The topological polar surface area (TPSA) is 63.2 Å². The zero-order chi connectivity index (χ0) is 4.71. The second-order valence-corrected chi connectivity index (χ2v) is 0.204. The van der Waals surface area contributed by atoms with Gasteiger partial charge in [-0.3, -0.25) is 0 Å². The van der Waals surface area contributed by atoms with Crippen molar-refractivity contribution in [3.8, 4) is 0 Å². The first kappa shape index (κ1) is 24.2. The molecule has 0 atom stereocenters. The zero-order valence-electron chi connectivity index (χ0n) is 4.34. The molecule has 0 aliphatic heterocycles. The van der Waals surface area contributed by atoms with Crippen molar-refractivity contribution in [2.75, 3.05) is 0 Å². The van der Waals surface area contributed by atoms with Gasteiger partial charge >= 0.3 is 37.7 Å². The maximum atomic E-state index is 8.29. The van der Waals surface area contributed by atoms with Crippen LogP contribution in [0, 0.1) is 0 Å². The van der Waals surface area contributed by atoms with Gasteiger partial charge in [0, 0.05) is 0 Å². The van der Waals surface area contributed by atoms with Crippen molar-refractivity contribution in [2.24, 2.45) is 0 Å². The minimum Gasteiger partial charge on any atom is -0.811 e. The molecule has 0 fully saturated rings. The van der Waals surface area contributed by atoms with Crippen LogP contribution in [0.1, 0.15) is 0 Å². The van der Waals surface area contributed by atoms with Crippen molar-refractivity contribution in [1.82, 2.24) is 0 Å². The fourth-order valence-corrected chi connectivity index (χ4v) is 0. The van der Waals surface area contributed by atoms with E-state index in [1.54, 1.807) is 0 Å². The van der Waals surface area contributed by atoms with E-state index in [0.29, 0.717) is 0 Å². The molecular formula is CH2Li2O3S. The molecule has 32 valence electrons. The van der Waals surface area contributed by atoms with Crippen molar-refractivity contribution in [1.29, 1.82) is 0 Å². The molecule has 0 bridgehead atoms. The Labute approximate surface area is 70.6 Å². The predicted molar refractivity (Wildman–Crippen MR) is 16.3 cm³/mol. The van der Waals surface area contributed by atoms with Crippen molar-refractivity contribution in [2.45, 2.75) is 0 Å². The molecule has 0 rings (SSSR count). The summed E-state index contributed by atoms with van der Waals surface area (Å²) in [7, 11) is 0. The molecular weight excluding hydrogens is 106 g/mol. The molecule has 0 aliphatic rings. The molecule has 0 saturated carbocycles. The van der Waals surface area contributed by atoms with Crippen LogP contribution in [0.25, 0.3) is 0 Å². The molecule has 0 aromatic rings. The molecule has 0 aromatic heterocycles. The Hall–Kier alpha value is 1.13. The molecule has 0 radical (unpaired) electrons. The van der Waals surface area contributed by atoms with Crippen molar-refractivity contribution < 1.29 is 51.6 Å². The van der Waals surface area contributed by atoms with Crippen LogP contribution in [0.3, 0.4) is 0 Å². The first-order chi connectivity index (χ1) is 2.41. The summed E-state index contributed by atoms with van der Waals surface area (Å²) in [5, 5.41) is 0. The fraction of sp³-hybridized carbons (Fsp3) is 0. The third-order valence-corrected chi connectivity index (χ3v) is 0. The van der Waals surface area contributed by atoms with E-state index in [2.05, 4.69) is 0 Å². The van der Waals surface area contributed by atoms with E-state index in [4.69, 9.17) is 13.9 Å². The average Bonchev–Trinajstić information content (AvgIpc) is 1.46. The Morgan fingerprint density at radius 1 is 1.14 bits per heavy atom. The minimum atomic E-state index is -0.750. The Kier molecular flexibility index (Phi) is 204. The van der Waals surface area contributed by atoms with Crippen LogP contribution < -0.4 is 37.7 Å². The molecule has 0 aliphatic carbocycles. The second-order valence-electron chi connectivity index (χ2n) is 0.0680. The summed E-state index contributed by atoms with van der Waals surface area (Å²) >= 11 is -0.750. The van der Waals surface area contributed by atoms with Gasteiger partial charge in [0.1, 0.15) is 6.79 Å². The maximum absolute atomic E-state index is 8.29. The first-order valence-electron chi connectivity index (χ1n) is 0.622. The number of carbonyl (C=O) groups excluding carboxylic acids is 1. The molecule has 7 heavy (non-hydrogen) atoms. The molecule has 0 amide bonds. The summed E-state index contributed by atoms with van der Waals surface area (Å²) in [6.45, 7) is 2.00. The Bertz CT molecular complexity index is 16.9. The summed E-state index contributed by atoms with van der Waals surface area (Å²) in [4.78, 5) is 8.00. The predicted octanol–water partition coefficient (Wildman–Crippen LogP) is -6.20. The van der Waals surface area contributed by atoms with E-state index >= 15 is 0 Å². The number of carbonyl (C=O) groups is 1. The Balaban J connectivity index is -0.0000000105. The molecule has 0 unspecified atom stereocenters. The van der Waals surface area contributed by atoms with Crippen LogP contribution in [0.5, 0.6) is 0 Å². The standard InChI is InChI=1S/CH2O.2Li.H2O2S/c1-2;;;1-3-2/h1H2;;;1-2H/q;2*+1;/p-2. The van der Waals surface area contributed by atoms with Gasteiger partial charge in [-0.2, -0.15) is 0 Å². The number of hydrogen-bond donors (Lipinski definition) is 0. The Morgan fingerprint density at radius 2 is 1.14 bits per heavy atom. The number of hydrogen-bond acceptors (Lipinski definition) is 4. The number of rotatable bonds is 0. The zero-order valence-corrected chi connectivity index (χ0v) is 5.16. The van der Waals surface area contributed by atoms with Crippen LogP contribution in [0.2, 0.25) is 0 Å². The van der Waals surface area contributed by atoms with E-state index in [-0.39, 0.29) is 37.7 Å². The largest absolute Gasteiger partial charge is 1.00 e. The van der Waals surface area contributed by atoms with Crippen LogP contribution >= 0.6 is 12.3 Å². The summed E-state index contributed by atoms with van der Waals surface area (Å²) in [5.41, 5.74) is 0. The van der Waals surface area contributed by atoms with Crippen LogP contribution in [-0.2, 0) is 4.79 Å². The molecule has 0 spiro atoms. The second kappa shape index (κ2) is 58.9. The van der Waals surface area contributed by atoms with Crippen molar-refractivity contribution >= 4 is 19.1 Å². The maximum Gasteiger partial charge on any atom is 1.00 e. The van der Waals surface area contributed by atoms with Gasteiger partial charge in [0.2, 0.25) is 0 Å². The van der Waals surface area contributed by atoms with Gasteiger partial charge in [-0.15, -0.1) is 0 Å². The van der Waals surface area contributed by atoms with Crippen LogP contribution in [0.15, 0.2) is 0 Å². The van der Waals surface area contributed by atoms with E-state index in [0.717, 1.165) is 0 Å².